The van der Waals surface area contributed by atoms with E-state index >= 15 is 0 Å². The summed E-state index contributed by atoms with van der Waals surface area (Å²) in [4.78, 5) is 24.6. The second-order valence-corrected chi connectivity index (χ2v) is 22.1. The molecule has 0 bridgehead atoms. The van der Waals surface area contributed by atoms with Gasteiger partial charge in [-0.15, -0.1) is 0 Å². The van der Waals surface area contributed by atoms with Crippen LogP contribution in [0, 0.1) is 0 Å². The molecular formula is C65H125NO5. The van der Waals surface area contributed by atoms with Crippen LogP contribution in [0.3, 0.4) is 0 Å². The van der Waals surface area contributed by atoms with Gasteiger partial charge in [-0.25, -0.2) is 0 Å². The third-order valence-electron chi connectivity index (χ3n) is 15.0. The molecule has 0 radical (unpaired) electrons. The summed E-state index contributed by atoms with van der Waals surface area (Å²) in [5.41, 5.74) is 0. The molecule has 0 spiro atoms. The fourth-order valence-electron chi connectivity index (χ4n) is 10.0. The average Bonchev–Trinajstić information content (AvgIpc) is 3.37. The molecule has 0 aliphatic carbocycles. The molecule has 1 amide bonds. The van der Waals surface area contributed by atoms with E-state index in [0.29, 0.717) is 19.4 Å². The van der Waals surface area contributed by atoms with Gasteiger partial charge >= 0.3 is 5.97 Å². The molecule has 6 nitrogen and oxygen atoms in total. The van der Waals surface area contributed by atoms with E-state index in [1.165, 1.54) is 270 Å². The van der Waals surface area contributed by atoms with E-state index in [1.54, 1.807) is 6.08 Å². The lowest BCUT2D eigenvalue weighted by Gasteiger charge is -2.20. The number of nitrogens with one attached hydrogen (secondary N) is 1. The number of hydrogen-bond acceptors (Lipinski definition) is 5. The maximum Gasteiger partial charge on any atom is 0.305 e. The Bertz CT molecular complexity index is 1110. The van der Waals surface area contributed by atoms with E-state index in [9.17, 15) is 19.8 Å². The Balaban J connectivity index is 3.45. The molecular weight excluding hydrogens is 875 g/mol. The van der Waals surface area contributed by atoms with Crippen LogP contribution in [0.2, 0.25) is 0 Å². The van der Waals surface area contributed by atoms with Gasteiger partial charge in [-0.2, -0.15) is 0 Å². The molecule has 0 heterocycles. The summed E-state index contributed by atoms with van der Waals surface area (Å²) in [6, 6.07) is -0.638. The number of esters is 1. The van der Waals surface area contributed by atoms with Crippen molar-refractivity contribution in [3.63, 3.8) is 0 Å². The molecule has 0 aromatic heterocycles. The van der Waals surface area contributed by atoms with Gasteiger partial charge < -0.3 is 20.3 Å². The molecule has 0 aliphatic rings. The molecule has 2 atom stereocenters. The highest BCUT2D eigenvalue weighted by Crippen LogP contribution is 2.18. The number of carbonyl (C=O) groups excluding carboxylic acids is 2. The number of aliphatic hydroxyl groups is 2. The van der Waals surface area contributed by atoms with Crippen LogP contribution < -0.4 is 5.32 Å². The zero-order chi connectivity index (χ0) is 51.4. The molecule has 3 N–H and O–H groups in total. The zero-order valence-electron chi connectivity index (χ0n) is 48.0. The number of hydrogen-bond donors (Lipinski definition) is 3. The average molecular weight is 1000 g/mol. The lowest BCUT2D eigenvalue weighted by atomic mass is 10.0. The number of carbonyl (C=O) groups is 2. The van der Waals surface area contributed by atoms with E-state index in [4.69, 9.17) is 4.74 Å². The highest BCUT2D eigenvalue weighted by atomic mass is 16.5. The summed E-state index contributed by atoms with van der Waals surface area (Å²) in [5.74, 6) is -0.0726. The maximum atomic E-state index is 12.5. The van der Waals surface area contributed by atoms with Crippen molar-refractivity contribution >= 4 is 11.9 Å². The van der Waals surface area contributed by atoms with E-state index in [0.717, 1.165) is 57.8 Å². The topological polar surface area (TPSA) is 95.9 Å². The monoisotopic (exact) mass is 1000 g/mol. The zero-order valence-corrected chi connectivity index (χ0v) is 48.0. The van der Waals surface area contributed by atoms with Gasteiger partial charge in [-0.05, 0) is 57.8 Å². The molecule has 6 heteroatoms. The Morgan fingerprint density at radius 3 is 1.00 bits per heavy atom. The van der Waals surface area contributed by atoms with Gasteiger partial charge in [0.25, 0.3) is 0 Å². The molecule has 0 fully saturated rings. The van der Waals surface area contributed by atoms with Crippen LogP contribution in [0.1, 0.15) is 354 Å². The van der Waals surface area contributed by atoms with Crippen molar-refractivity contribution in [1.82, 2.24) is 5.32 Å². The summed E-state index contributed by atoms with van der Waals surface area (Å²) in [6.07, 6.45) is 75.0. The lowest BCUT2D eigenvalue weighted by molar-refractivity contribution is -0.143. The van der Waals surface area contributed by atoms with E-state index < -0.39 is 12.1 Å². The smallest absolute Gasteiger partial charge is 0.305 e. The van der Waals surface area contributed by atoms with Gasteiger partial charge in [0.2, 0.25) is 5.91 Å². The fourth-order valence-corrected chi connectivity index (χ4v) is 10.0. The van der Waals surface area contributed by atoms with Gasteiger partial charge in [0.05, 0.1) is 25.4 Å². The minimum absolute atomic E-state index is 0.00666. The predicted molar refractivity (Wildman–Crippen MR) is 310 cm³/mol. The van der Waals surface area contributed by atoms with Gasteiger partial charge in [-0.3, -0.25) is 9.59 Å². The minimum atomic E-state index is -0.853. The first-order chi connectivity index (χ1) is 35.0. The molecule has 2 unspecified atom stereocenters. The van der Waals surface area contributed by atoms with E-state index in [2.05, 4.69) is 31.3 Å². The van der Waals surface area contributed by atoms with Crippen molar-refractivity contribution in [2.24, 2.45) is 0 Å². The number of unbranched alkanes of at least 4 members (excludes halogenated alkanes) is 47. The molecule has 0 rings (SSSR count). The summed E-state index contributed by atoms with van der Waals surface area (Å²) in [5, 5.41) is 23.2. The van der Waals surface area contributed by atoms with Crippen molar-refractivity contribution in [1.29, 1.82) is 0 Å². The van der Waals surface area contributed by atoms with Crippen LogP contribution in [-0.4, -0.2) is 47.4 Å². The van der Waals surface area contributed by atoms with Crippen LogP contribution in [0.5, 0.6) is 0 Å². The predicted octanol–water partition coefficient (Wildman–Crippen LogP) is 20.2. The number of amides is 1. The van der Waals surface area contributed by atoms with Crippen molar-refractivity contribution in [3.8, 4) is 0 Å². The van der Waals surface area contributed by atoms with Crippen LogP contribution in [-0.2, 0) is 14.3 Å². The SMILES string of the molecule is CCCCCCCCCCCCCCCCCCC/C=C/C(O)C(CO)NC(=O)CCCCCCC/C=C\CCCCCCCCCCCOC(=O)CCCCCCCCCCCCCCCCCCC. The van der Waals surface area contributed by atoms with Crippen molar-refractivity contribution < 1.29 is 24.5 Å². The molecule has 0 saturated carbocycles. The fraction of sp³-hybridized carbons (Fsp3) is 0.908. The Hall–Kier alpha value is -1.66. The third-order valence-corrected chi connectivity index (χ3v) is 15.0. The van der Waals surface area contributed by atoms with Gasteiger partial charge in [0.15, 0.2) is 0 Å². The largest absolute Gasteiger partial charge is 0.466 e. The molecule has 0 saturated heterocycles. The van der Waals surface area contributed by atoms with Gasteiger partial charge in [-0.1, -0.05) is 308 Å². The Morgan fingerprint density at radius 1 is 0.380 bits per heavy atom. The first-order valence-corrected chi connectivity index (χ1v) is 32.1. The van der Waals surface area contributed by atoms with Gasteiger partial charge in [0, 0.05) is 12.8 Å². The Morgan fingerprint density at radius 2 is 0.662 bits per heavy atom. The lowest BCUT2D eigenvalue weighted by Crippen LogP contribution is -2.45. The Kier molecular flexibility index (Phi) is 59.5. The maximum absolute atomic E-state index is 12.5. The minimum Gasteiger partial charge on any atom is -0.466 e. The molecule has 0 aromatic carbocycles. The quantitative estimate of drug-likeness (QED) is 0.0320. The molecule has 0 aromatic rings. The number of allylic oxidation sites excluding steroid dienone is 3. The first kappa shape index (κ1) is 69.3. The second-order valence-electron chi connectivity index (χ2n) is 22.1. The highest BCUT2D eigenvalue weighted by molar-refractivity contribution is 5.76. The number of aliphatic hydroxyl groups excluding tert-OH is 2. The highest BCUT2D eigenvalue weighted by Gasteiger charge is 2.18. The summed E-state index contributed by atoms with van der Waals surface area (Å²) in [6.45, 7) is 4.92. The van der Waals surface area contributed by atoms with Crippen molar-refractivity contribution in [2.45, 2.75) is 366 Å². The molecule has 71 heavy (non-hydrogen) atoms. The normalized spacial score (nSPS) is 12.7. The Labute approximate surface area is 443 Å². The molecule has 420 valence electrons. The summed E-state index contributed by atoms with van der Waals surface area (Å²) < 4.78 is 5.49. The van der Waals surface area contributed by atoms with Gasteiger partial charge in [0.1, 0.15) is 0 Å². The van der Waals surface area contributed by atoms with Crippen molar-refractivity contribution in [2.75, 3.05) is 13.2 Å². The second kappa shape index (κ2) is 60.9. The van der Waals surface area contributed by atoms with E-state index in [-0.39, 0.29) is 18.5 Å². The van der Waals surface area contributed by atoms with Crippen LogP contribution in [0.4, 0.5) is 0 Å². The van der Waals surface area contributed by atoms with Crippen molar-refractivity contribution in [3.05, 3.63) is 24.3 Å². The molecule has 0 aliphatic heterocycles. The number of rotatable bonds is 60. The first-order valence-electron chi connectivity index (χ1n) is 32.1. The van der Waals surface area contributed by atoms with Crippen LogP contribution >= 0.6 is 0 Å². The summed E-state index contributed by atoms with van der Waals surface area (Å²) >= 11 is 0. The standard InChI is InChI=1S/C65H125NO5/c1-3-5-7-9-11-13-15-17-19-21-22-26-29-33-37-41-45-49-53-57-63(68)62(61-67)66-64(69)58-54-50-46-42-38-34-30-27-23-24-28-32-36-40-44-48-52-56-60-71-65(70)59-55-51-47-43-39-35-31-25-20-18-16-14-12-10-8-6-4-2/h27,30,53,57,62-63,67-68H,3-26,28-29,31-52,54-56,58-61H2,1-2H3,(H,66,69)/b30-27-,57-53+. The third kappa shape index (κ3) is 57.5. The van der Waals surface area contributed by atoms with E-state index in [1.807, 2.05) is 6.08 Å². The van der Waals surface area contributed by atoms with Crippen LogP contribution in [0.15, 0.2) is 24.3 Å². The summed E-state index contributed by atoms with van der Waals surface area (Å²) in [7, 11) is 0. The number of ether oxygens (including phenoxy) is 1. The van der Waals surface area contributed by atoms with Crippen LogP contribution in [0.25, 0.3) is 0 Å².